The predicted molar refractivity (Wildman–Crippen MR) is 158 cm³/mol. The molecule has 0 atom stereocenters. The van der Waals surface area contributed by atoms with Crippen molar-refractivity contribution < 1.29 is 18.8 Å². The Kier molecular flexibility index (Phi) is 8.67. The highest BCUT2D eigenvalue weighted by Crippen LogP contribution is 2.39. The number of carbonyl (C=O) groups excluding carboxylic acids is 3. The number of rotatable bonds is 9. The van der Waals surface area contributed by atoms with Crippen molar-refractivity contribution in [2.45, 2.75) is 51.0 Å². The number of benzene rings is 3. The number of nitrogens with zero attached hydrogens (tertiary/aromatic N) is 3. The topological polar surface area (TPSA) is 73.0 Å². The van der Waals surface area contributed by atoms with Crippen molar-refractivity contribution in [3.8, 4) is 0 Å². The minimum absolute atomic E-state index is 0.0211. The summed E-state index contributed by atoms with van der Waals surface area (Å²) in [6.45, 7) is 3.23. The zero-order chi connectivity index (χ0) is 28.8. The van der Waals surface area contributed by atoms with E-state index in [0.717, 1.165) is 18.5 Å². The van der Waals surface area contributed by atoms with Crippen molar-refractivity contribution in [1.82, 2.24) is 9.80 Å². The summed E-state index contributed by atoms with van der Waals surface area (Å²) in [7, 11) is 0. The maximum Gasteiger partial charge on any atom is 0.253 e. The second-order valence-electron chi connectivity index (χ2n) is 10.9. The number of anilines is 2. The number of piperidine rings is 1. The first-order valence-corrected chi connectivity index (χ1v) is 14.5. The van der Waals surface area contributed by atoms with Crippen LogP contribution in [-0.4, -0.2) is 59.4 Å². The van der Waals surface area contributed by atoms with E-state index < -0.39 is 5.54 Å². The molecule has 0 saturated carbocycles. The van der Waals surface area contributed by atoms with Gasteiger partial charge in [-0.1, -0.05) is 50.1 Å². The van der Waals surface area contributed by atoms with E-state index in [1.165, 1.54) is 42.7 Å². The number of nitrogens with one attached hydrogen (secondary N) is 1. The summed E-state index contributed by atoms with van der Waals surface area (Å²) < 4.78 is 13.3. The smallest absolute Gasteiger partial charge is 0.253 e. The third-order valence-electron chi connectivity index (χ3n) is 8.19. The highest BCUT2D eigenvalue weighted by atomic mass is 19.1. The highest BCUT2D eigenvalue weighted by molar-refractivity contribution is 6.00. The van der Waals surface area contributed by atoms with Gasteiger partial charge in [-0.3, -0.25) is 14.4 Å². The molecule has 0 unspecified atom stereocenters. The lowest BCUT2D eigenvalue weighted by molar-refractivity contribution is -0.136. The summed E-state index contributed by atoms with van der Waals surface area (Å²) in [6, 6.07) is 23.2. The van der Waals surface area contributed by atoms with Crippen LogP contribution < -0.4 is 10.2 Å². The van der Waals surface area contributed by atoms with E-state index in [4.69, 9.17) is 0 Å². The summed E-state index contributed by atoms with van der Waals surface area (Å²) in [5, 5.41) is 2.75. The molecule has 0 radical (unpaired) electrons. The molecule has 214 valence electrons. The maximum atomic E-state index is 13.9. The van der Waals surface area contributed by atoms with E-state index >= 15 is 0 Å². The van der Waals surface area contributed by atoms with Crippen LogP contribution in [0, 0.1) is 5.82 Å². The van der Waals surface area contributed by atoms with Crippen molar-refractivity contribution in [2.24, 2.45) is 0 Å². The SMILES string of the molecule is CCCCCc1ccc(C(=O)N2CCC3(CC2)C(=O)N(CC(=O)Nc2ccc(F)cc2)CN3c2ccccc2)cc1. The third-order valence-corrected chi connectivity index (χ3v) is 8.19. The van der Waals surface area contributed by atoms with Gasteiger partial charge in [0.05, 0.1) is 6.67 Å². The number of likely N-dealkylation sites (tertiary alicyclic amines) is 1. The number of para-hydroxylation sites is 1. The lowest BCUT2D eigenvalue weighted by Gasteiger charge is -2.43. The molecular weight excluding hydrogens is 519 g/mol. The fourth-order valence-electron chi connectivity index (χ4n) is 5.88. The van der Waals surface area contributed by atoms with Crippen LogP contribution in [0.5, 0.6) is 0 Å². The number of carbonyl (C=O) groups is 3. The molecule has 2 heterocycles. The van der Waals surface area contributed by atoms with E-state index in [0.29, 0.717) is 37.2 Å². The van der Waals surface area contributed by atoms with E-state index in [2.05, 4.69) is 17.1 Å². The van der Waals surface area contributed by atoms with Gasteiger partial charge in [-0.05, 0) is 79.8 Å². The van der Waals surface area contributed by atoms with Gasteiger partial charge in [0.1, 0.15) is 17.9 Å². The fraction of sp³-hybridized carbons (Fsp3) is 0.364. The van der Waals surface area contributed by atoms with Crippen molar-refractivity contribution in [3.05, 3.63) is 95.8 Å². The Hall–Kier alpha value is -4.20. The Morgan fingerprint density at radius 3 is 2.24 bits per heavy atom. The normalized spacial score (nSPS) is 16.3. The third kappa shape index (κ3) is 6.26. The Bertz CT molecular complexity index is 1350. The summed E-state index contributed by atoms with van der Waals surface area (Å²) >= 11 is 0. The first-order valence-electron chi connectivity index (χ1n) is 14.5. The molecule has 2 fully saturated rings. The van der Waals surface area contributed by atoms with Crippen LogP contribution in [0.15, 0.2) is 78.9 Å². The van der Waals surface area contributed by atoms with Gasteiger partial charge in [-0.25, -0.2) is 4.39 Å². The fourth-order valence-corrected chi connectivity index (χ4v) is 5.88. The molecule has 0 aromatic heterocycles. The first-order chi connectivity index (χ1) is 19.9. The van der Waals surface area contributed by atoms with Crippen molar-refractivity contribution >= 4 is 29.1 Å². The molecule has 1 spiro atoms. The van der Waals surface area contributed by atoms with Crippen LogP contribution in [0.3, 0.4) is 0 Å². The Balaban J connectivity index is 1.27. The van der Waals surface area contributed by atoms with Crippen LogP contribution >= 0.6 is 0 Å². The van der Waals surface area contributed by atoms with Gasteiger partial charge >= 0.3 is 0 Å². The van der Waals surface area contributed by atoms with Gasteiger partial charge in [0.2, 0.25) is 5.91 Å². The second-order valence-corrected chi connectivity index (χ2v) is 10.9. The van der Waals surface area contributed by atoms with Crippen LogP contribution in [0.4, 0.5) is 15.8 Å². The molecule has 2 aliphatic heterocycles. The lowest BCUT2D eigenvalue weighted by Crippen LogP contribution is -2.57. The van der Waals surface area contributed by atoms with Gasteiger partial charge in [-0.15, -0.1) is 0 Å². The number of hydrogen-bond donors (Lipinski definition) is 1. The summed E-state index contributed by atoms with van der Waals surface area (Å²) in [5.41, 5.74) is 2.44. The lowest BCUT2D eigenvalue weighted by atomic mass is 9.85. The second kappa shape index (κ2) is 12.5. The Morgan fingerprint density at radius 1 is 0.902 bits per heavy atom. The summed E-state index contributed by atoms with van der Waals surface area (Å²) in [6.07, 6.45) is 5.48. The molecule has 3 aromatic carbocycles. The van der Waals surface area contributed by atoms with E-state index in [1.54, 1.807) is 4.90 Å². The maximum absolute atomic E-state index is 13.9. The van der Waals surface area contributed by atoms with Gasteiger partial charge in [0.15, 0.2) is 0 Å². The molecule has 3 aromatic rings. The predicted octanol–water partition coefficient (Wildman–Crippen LogP) is 5.48. The highest BCUT2D eigenvalue weighted by Gasteiger charge is 2.54. The van der Waals surface area contributed by atoms with E-state index in [1.807, 2.05) is 59.5 Å². The van der Waals surface area contributed by atoms with Crippen LogP contribution in [-0.2, 0) is 16.0 Å². The monoisotopic (exact) mass is 556 g/mol. The molecule has 5 rings (SSSR count). The quantitative estimate of drug-likeness (QED) is 0.355. The van der Waals surface area contributed by atoms with Gasteiger partial charge < -0.3 is 20.0 Å². The Morgan fingerprint density at radius 2 is 1.59 bits per heavy atom. The molecule has 41 heavy (non-hydrogen) atoms. The average Bonchev–Trinajstić information content (AvgIpc) is 3.25. The number of aryl methyl sites for hydroxylation is 1. The van der Waals surface area contributed by atoms with E-state index in [-0.39, 0.29) is 36.8 Å². The average molecular weight is 557 g/mol. The van der Waals surface area contributed by atoms with Crippen LogP contribution in [0.25, 0.3) is 0 Å². The molecule has 0 aliphatic carbocycles. The summed E-state index contributed by atoms with van der Waals surface area (Å²) in [4.78, 5) is 45.6. The largest absolute Gasteiger partial charge is 0.339 e. The minimum Gasteiger partial charge on any atom is -0.339 e. The first kappa shape index (κ1) is 28.3. The Labute approximate surface area is 240 Å². The standard InChI is InChI=1S/C33H37FN4O3/c1-2-3-5-8-25-11-13-26(14-12-25)31(40)36-21-19-33(20-22-36)32(41)37(24-38(33)29-9-6-4-7-10-29)23-30(39)35-28-17-15-27(34)16-18-28/h4,6-7,9-18H,2-3,5,8,19-24H2,1H3,(H,35,39). The molecule has 3 amide bonds. The van der Waals surface area contributed by atoms with Crippen LogP contribution in [0.1, 0.15) is 54.9 Å². The number of hydrogen-bond acceptors (Lipinski definition) is 4. The van der Waals surface area contributed by atoms with Crippen molar-refractivity contribution in [1.29, 1.82) is 0 Å². The van der Waals surface area contributed by atoms with Crippen LogP contribution in [0.2, 0.25) is 0 Å². The number of amides is 3. The molecule has 7 nitrogen and oxygen atoms in total. The van der Waals surface area contributed by atoms with Crippen molar-refractivity contribution in [2.75, 3.05) is 36.5 Å². The molecule has 2 saturated heterocycles. The molecule has 0 bridgehead atoms. The number of halogens is 1. The van der Waals surface area contributed by atoms with Gasteiger partial charge in [-0.2, -0.15) is 0 Å². The summed E-state index contributed by atoms with van der Waals surface area (Å²) in [5.74, 6) is -0.866. The van der Waals surface area contributed by atoms with Gasteiger partial charge in [0.25, 0.3) is 11.8 Å². The molecular formula is C33H37FN4O3. The minimum atomic E-state index is -0.836. The molecule has 8 heteroatoms. The zero-order valence-corrected chi connectivity index (χ0v) is 23.5. The molecule has 2 aliphatic rings. The zero-order valence-electron chi connectivity index (χ0n) is 23.5. The van der Waals surface area contributed by atoms with Crippen molar-refractivity contribution in [3.63, 3.8) is 0 Å². The number of unbranched alkanes of at least 4 members (excludes halogenated alkanes) is 2. The van der Waals surface area contributed by atoms with Gasteiger partial charge in [0, 0.05) is 30.0 Å². The molecule has 1 N–H and O–H groups in total. The van der Waals surface area contributed by atoms with E-state index in [9.17, 15) is 18.8 Å².